The molecule has 0 amide bonds. The van der Waals surface area contributed by atoms with Gasteiger partial charge in [0.25, 0.3) is 0 Å². The highest BCUT2D eigenvalue weighted by atomic mass is 16.4. The second kappa shape index (κ2) is 5.69. The van der Waals surface area contributed by atoms with Crippen LogP contribution in [0.25, 0.3) is 0 Å². The van der Waals surface area contributed by atoms with Gasteiger partial charge >= 0.3 is 5.97 Å². The van der Waals surface area contributed by atoms with Crippen LogP contribution in [0.15, 0.2) is 24.3 Å². The summed E-state index contributed by atoms with van der Waals surface area (Å²) < 4.78 is 0. The lowest BCUT2D eigenvalue weighted by atomic mass is 10.1. The molecular formula is C15H17N3O2. The average Bonchev–Trinajstić information content (AvgIpc) is 2.35. The van der Waals surface area contributed by atoms with E-state index in [0.717, 1.165) is 17.1 Å². The molecule has 0 aromatic carbocycles. The highest BCUT2D eigenvalue weighted by Crippen LogP contribution is 2.20. The molecule has 0 saturated heterocycles. The predicted octanol–water partition coefficient (Wildman–Crippen LogP) is 2.71. The van der Waals surface area contributed by atoms with Gasteiger partial charge in [0.05, 0.1) is 23.6 Å². The van der Waals surface area contributed by atoms with Crippen LogP contribution in [-0.4, -0.2) is 21.0 Å². The third-order valence-corrected chi connectivity index (χ3v) is 2.95. The molecule has 0 spiro atoms. The van der Waals surface area contributed by atoms with Crippen molar-refractivity contribution in [3.8, 4) is 0 Å². The first-order valence-corrected chi connectivity index (χ1v) is 6.35. The van der Waals surface area contributed by atoms with Gasteiger partial charge in [-0.15, -0.1) is 0 Å². The second-order valence-electron chi connectivity index (χ2n) is 4.70. The summed E-state index contributed by atoms with van der Waals surface area (Å²) >= 11 is 0. The largest absolute Gasteiger partial charge is 0.478 e. The molecule has 2 N–H and O–H groups in total. The van der Waals surface area contributed by atoms with Crippen molar-refractivity contribution in [2.75, 3.05) is 5.32 Å². The van der Waals surface area contributed by atoms with Gasteiger partial charge in [-0.1, -0.05) is 6.07 Å². The Morgan fingerprint density at radius 2 is 1.95 bits per heavy atom. The Labute approximate surface area is 117 Å². The Hall–Kier alpha value is -2.43. The van der Waals surface area contributed by atoms with Crippen LogP contribution in [0.5, 0.6) is 0 Å². The van der Waals surface area contributed by atoms with Gasteiger partial charge in [0.1, 0.15) is 5.56 Å². The molecule has 104 valence electrons. The van der Waals surface area contributed by atoms with Crippen molar-refractivity contribution in [3.05, 3.63) is 52.6 Å². The van der Waals surface area contributed by atoms with E-state index in [0.29, 0.717) is 17.9 Å². The van der Waals surface area contributed by atoms with Gasteiger partial charge in [0.2, 0.25) is 0 Å². The van der Waals surface area contributed by atoms with Crippen LogP contribution in [0, 0.1) is 20.8 Å². The topological polar surface area (TPSA) is 75.1 Å². The van der Waals surface area contributed by atoms with E-state index in [1.165, 1.54) is 0 Å². The van der Waals surface area contributed by atoms with Crippen LogP contribution in [0.1, 0.15) is 33.1 Å². The van der Waals surface area contributed by atoms with E-state index in [2.05, 4.69) is 15.3 Å². The van der Waals surface area contributed by atoms with Crippen LogP contribution in [0.3, 0.4) is 0 Å². The molecule has 5 nitrogen and oxygen atoms in total. The molecular weight excluding hydrogens is 254 g/mol. The Morgan fingerprint density at radius 1 is 1.20 bits per heavy atom. The number of rotatable bonds is 4. The smallest absolute Gasteiger partial charge is 0.339 e. The minimum atomic E-state index is -0.977. The number of aromatic carboxylic acids is 1. The van der Waals surface area contributed by atoms with E-state index in [1.807, 2.05) is 32.0 Å². The number of carbonyl (C=O) groups is 1. The van der Waals surface area contributed by atoms with E-state index >= 15 is 0 Å². The van der Waals surface area contributed by atoms with Crippen molar-refractivity contribution >= 4 is 11.7 Å². The molecule has 2 heterocycles. The van der Waals surface area contributed by atoms with Crippen LogP contribution >= 0.6 is 0 Å². The zero-order chi connectivity index (χ0) is 14.7. The maximum Gasteiger partial charge on any atom is 0.339 e. The molecule has 5 heteroatoms. The number of nitrogens with zero attached hydrogens (tertiary/aromatic N) is 2. The van der Waals surface area contributed by atoms with E-state index in [1.54, 1.807) is 13.0 Å². The number of carboxylic acid groups (broad SMARTS) is 1. The maximum atomic E-state index is 11.3. The van der Waals surface area contributed by atoms with Crippen molar-refractivity contribution < 1.29 is 9.90 Å². The first kappa shape index (κ1) is 14.0. The fourth-order valence-corrected chi connectivity index (χ4v) is 2.12. The minimum absolute atomic E-state index is 0.211. The molecule has 0 radical (unpaired) electrons. The first-order chi connectivity index (χ1) is 9.47. The molecule has 0 unspecified atom stereocenters. The fourth-order valence-electron chi connectivity index (χ4n) is 2.12. The number of nitrogens with one attached hydrogen (secondary N) is 1. The molecule has 0 atom stereocenters. The monoisotopic (exact) mass is 271 g/mol. The summed E-state index contributed by atoms with van der Waals surface area (Å²) in [5, 5.41) is 12.4. The maximum absolute atomic E-state index is 11.3. The predicted molar refractivity (Wildman–Crippen MR) is 77.0 cm³/mol. The van der Waals surface area contributed by atoms with Crippen LogP contribution in [0.4, 0.5) is 5.69 Å². The summed E-state index contributed by atoms with van der Waals surface area (Å²) in [7, 11) is 0. The fraction of sp³-hybridized carbons (Fsp3) is 0.267. The Kier molecular flexibility index (Phi) is 3.98. The van der Waals surface area contributed by atoms with E-state index in [-0.39, 0.29) is 5.56 Å². The van der Waals surface area contributed by atoms with Crippen molar-refractivity contribution in [1.82, 2.24) is 9.97 Å². The van der Waals surface area contributed by atoms with Crippen molar-refractivity contribution in [2.24, 2.45) is 0 Å². The third kappa shape index (κ3) is 3.12. The number of aromatic nitrogens is 2. The highest BCUT2D eigenvalue weighted by molar-refractivity contribution is 5.95. The molecule has 20 heavy (non-hydrogen) atoms. The van der Waals surface area contributed by atoms with Crippen LogP contribution < -0.4 is 5.32 Å². The van der Waals surface area contributed by atoms with Crippen molar-refractivity contribution in [3.63, 3.8) is 0 Å². The van der Waals surface area contributed by atoms with E-state index < -0.39 is 5.97 Å². The average molecular weight is 271 g/mol. The summed E-state index contributed by atoms with van der Waals surface area (Å²) in [5.74, 6) is -0.977. The standard InChI is InChI=1S/C15H17N3O2/c1-9-5-4-6-12(18-9)8-16-13-7-10(2)17-11(3)14(13)15(19)20/h4-7H,8H2,1-3H3,(H,16,17)(H,19,20). The third-order valence-electron chi connectivity index (χ3n) is 2.95. The molecule has 0 aliphatic rings. The minimum Gasteiger partial charge on any atom is -0.478 e. The number of pyridine rings is 2. The van der Waals surface area contributed by atoms with Gasteiger partial charge in [-0.3, -0.25) is 9.97 Å². The molecule has 0 fully saturated rings. The Morgan fingerprint density at radius 3 is 2.60 bits per heavy atom. The van der Waals surface area contributed by atoms with Gasteiger partial charge in [-0.05, 0) is 39.0 Å². The second-order valence-corrected chi connectivity index (χ2v) is 4.70. The summed E-state index contributed by atoms with van der Waals surface area (Å²) in [6, 6.07) is 7.50. The van der Waals surface area contributed by atoms with Gasteiger partial charge in [-0.25, -0.2) is 4.79 Å². The van der Waals surface area contributed by atoms with Gasteiger partial charge in [0, 0.05) is 11.4 Å². The SMILES string of the molecule is Cc1cccc(CNc2cc(C)nc(C)c2C(=O)O)n1. The number of aryl methyl sites for hydroxylation is 3. The molecule has 0 bridgehead atoms. The molecule has 0 saturated carbocycles. The van der Waals surface area contributed by atoms with Crippen LogP contribution in [-0.2, 0) is 6.54 Å². The van der Waals surface area contributed by atoms with Gasteiger partial charge in [-0.2, -0.15) is 0 Å². The number of anilines is 1. The zero-order valence-corrected chi connectivity index (χ0v) is 11.8. The van der Waals surface area contributed by atoms with E-state index in [4.69, 9.17) is 0 Å². The van der Waals surface area contributed by atoms with Crippen LogP contribution in [0.2, 0.25) is 0 Å². The molecule has 2 rings (SSSR count). The van der Waals surface area contributed by atoms with Crippen molar-refractivity contribution in [1.29, 1.82) is 0 Å². The van der Waals surface area contributed by atoms with Gasteiger partial charge in [0.15, 0.2) is 0 Å². The quantitative estimate of drug-likeness (QED) is 0.894. The van der Waals surface area contributed by atoms with Crippen molar-refractivity contribution in [2.45, 2.75) is 27.3 Å². The van der Waals surface area contributed by atoms with E-state index in [9.17, 15) is 9.90 Å². The summed E-state index contributed by atoms with van der Waals surface area (Å²) in [6.45, 7) is 5.94. The number of hydrogen-bond acceptors (Lipinski definition) is 4. The Balaban J connectivity index is 2.27. The first-order valence-electron chi connectivity index (χ1n) is 6.35. The molecule has 2 aromatic rings. The zero-order valence-electron chi connectivity index (χ0n) is 11.8. The highest BCUT2D eigenvalue weighted by Gasteiger charge is 2.15. The normalized spacial score (nSPS) is 10.3. The lowest BCUT2D eigenvalue weighted by Crippen LogP contribution is -2.11. The lowest BCUT2D eigenvalue weighted by Gasteiger charge is -2.12. The Bertz CT molecular complexity index is 654. The number of carboxylic acids is 1. The summed E-state index contributed by atoms with van der Waals surface area (Å²) in [4.78, 5) is 19.9. The number of hydrogen-bond donors (Lipinski definition) is 2. The molecule has 0 aliphatic carbocycles. The lowest BCUT2D eigenvalue weighted by molar-refractivity contribution is 0.0696. The molecule has 2 aromatic heterocycles. The summed E-state index contributed by atoms with van der Waals surface area (Å²) in [6.07, 6.45) is 0. The van der Waals surface area contributed by atoms with Gasteiger partial charge < -0.3 is 10.4 Å². The molecule has 0 aliphatic heterocycles. The summed E-state index contributed by atoms with van der Waals surface area (Å²) in [5.41, 5.74) is 3.89.